The van der Waals surface area contributed by atoms with E-state index in [9.17, 15) is 9.59 Å². The van der Waals surface area contributed by atoms with Crippen LogP contribution in [0.4, 0.5) is 0 Å². The van der Waals surface area contributed by atoms with Crippen LogP contribution >= 0.6 is 31.9 Å². The minimum absolute atomic E-state index is 0.0322. The van der Waals surface area contributed by atoms with E-state index in [1.807, 2.05) is 13.8 Å². The number of hydrogen-bond donors (Lipinski definition) is 2. The van der Waals surface area contributed by atoms with Gasteiger partial charge in [-0.05, 0) is 62.4 Å². The first-order valence-electron chi connectivity index (χ1n) is 7.20. The van der Waals surface area contributed by atoms with Crippen LogP contribution in [-0.4, -0.2) is 21.3 Å². The number of aliphatic carboxylic acids is 1. The van der Waals surface area contributed by atoms with E-state index in [0.717, 1.165) is 0 Å². The number of carbonyl (C=O) groups is 1. The predicted octanol–water partition coefficient (Wildman–Crippen LogP) is 4.40. The van der Waals surface area contributed by atoms with E-state index in [-0.39, 0.29) is 17.4 Å². The number of rotatable bonds is 5. The van der Waals surface area contributed by atoms with Gasteiger partial charge in [-0.3, -0.25) is 9.59 Å². The zero-order valence-corrected chi connectivity index (χ0v) is 16.4. The Bertz CT molecular complexity index is 810. The highest BCUT2D eigenvalue weighted by Gasteiger charge is 2.19. The summed E-state index contributed by atoms with van der Waals surface area (Å²) >= 11 is 6.77. The highest BCUT2D eigenvalue weighted by Crippen LogP contribution is 2.39. The Morgan fingerprint density at radius 2 is 1.79 bits per heavy atom. The maximum atomic E-state index is 11.7. The smallest absolute Gasteiger partial charge is 0.310 e. The molecule has 0 bridgehead atoms. The molecule has 0 saturated heterocycles. The standard InChI is InChI=1S/C16H16Br2N2O4/c1-7(2)10-6-13(19-20-15(10)21)24-14-11(17)4-9(5-12(14)18)8(3)16(22)23/h4-8H,1-3H3,(H,20,21)(H,22,23). The Balaban J connectivity index is 2.39. The lowest BCUT2D eigenvalue weighted by Crippen LogP contribution is -2.15. The van der Waals surface area contributed by atoms with Crippen molar-refractivity contribution in [2.24, 2.45) is 0 Å². The SMILES string of the molecule is CC(C)c1cc(Oc2c(Br)cc(C(C)C(=O)O)cc2Br)n[nH]c1=O. The van der Waals surface area contributed by atoms with Gasteiger partial charge in [-0.2, -0.15) is 0 Å². The molecular formula is C16H16Br2N2O4. The van der Waals surface area contributed by atoms with Gasteiger partial charge in [0.2, 0.25) is 5.88 Å². The Morgan fingerprint density at radius 3 is 2.29 bits per heavy atom. The molecule has 1 heterocycles. The molecule has 6 nitrogen and oxygen atoms in total. The molecule has 2 N–H and O–H groups in total. The van der Waals surface area contributed by atoms with Crippen molar-refractivity contribution in [2.75, 3.05) is 0 Å². The van der Waals surface area contributed by atoms with Gasteiger partial charge in [-0.1, -0.05) is 13.8 Å². The zero-order valence-electron chi connectivity index (χ0n) is 13.3. The quantitative estimate of drug-likeness (QED) is 0.691. The van der Waals surface area contributed by atoms with Gasteiger partial charge in [0, 0.05) is 11.6 Å². The van der Waals surface area contributed by atoms with Crippen LogP contribution in [-0.2, 0) is 4.79 Å². The van der Waals surface area contributed by atoms with Gasteiger partial charge in [-0.25, -0.2) is 5.10 Å². The van der Waals surface area contributed by atoms with Gasteiger partial charge in [0.05, 0.1) is 14.9 Å². The lowest BCUT2D eigenvalue weighted by Gasteiger charge is -2.14. The topological polar surface area (TPSA) is 92.3 Å². The highest BCUT2D eigenvalue weighted by molar-refractivity contribution is 9.11. The molecule has 0 aliphatic rings. The fourth-order valence-corrected chi connectivity index (χ4v) is 3.44. The summed E-state index contributed by atoms with van der Waals surface area (Å²) < 4.78 is 6.92. The predicted molar refractivity (Wildman–Crippen MR) is 96.9 cm³/mol. The average molecular weight is 460 g/mol. The second-order valence-electron chi connectivity index (χ2n) is 5.62. The molecule has 0 aliphatic carbocycles. The van der Waals surface area contributed by atoms with Crippen molar-refractivity contribution >= 4 is 37.8 Å². The molecule has 0 amide bonds. The zero-order chi connectivity index (χ0) is 18.0. The van der Waals surface area contributed by atoms with E-state index >= 15 is 0 Å². The molecule has 128 valence electrons. The molecule has 2 aromatic rings. The third-order valence-corrected chi connectivity index (χ3v) is 4.71. The van der Waals surface area contributed by atoms with Crippen molar-refractivity contribution < 1.29 is 14.6 Å². The number of H-pyrrole nitrogens is 1. The van der Waals surface area contributed by atoms with Crippen LogP contribution < -0.4 is 10.3 Å². The van der Waals surface area contributed by atoms with Crippen LogP contribution in [0, 0.1) is 0 Å². The minimum Gasteiger partial charge on any atom is -0.481 e. The van der Waals surface area contributed by atoms with Crippen LogP contribution in [0.15, 0.2) is 31.9 Å². The van der Waals surface area contributed by atoms with Crippen LogP contribution in [0.5, 0.6) is 11.6 Å². The van der Waals surface area contributed by atoms with Gasteiger partial charge in [0.25, 0.3) is 5.56 Å². The second-order valence-corrected chi connectivity index (χ2v) is 7.33. The average Bonchev–Trinajstić information content (AvgIpc) is 2.51. The third kappa shape index (κ3) is 4.05. The van der Waals surface area contributed by atoms with E-state index in [0.29, 0.717) is 25.8 Å². The van der Waals surface area contributed by atoms with Crippen molar-refractivity contribution in [2.45, 2.75) is 32.6 Å². The number of benzene rings is 1. The maximum absolute atomic E-state index is 11.7. The van der Waals surface area contributed by atoms with Gasteiger partial charge >= 0.3 is 5.97 Å². The molecule has 0 fully saturated rings. The van der Waals surface area contributed by atoms with Crippen LogP contribution in [0.25, 0.3) is 0 Å². The lowest BCUT2D eigenvalue weighted by atomic mass is 10.0. The van der Waals surface area contributed by atoms with E-state index in [2.05, 4.69) is 42.1 Å². The summed E-state index contributed by atoms with van der Waals surface area (Å²) in [6.45, 7) is 5.42. The summed E-state index contributed by atoms with van der Waals surface area (Å²) in [5.41, 5.74) is 0.954. The van der Waals surface area contributed by atoms with Gasteiger partial charge < -0.3 is 9.84 Å². The Labute approximate surface area is 155 Å². The van der Waals surface area contributed by atoms with Crippen LogP contribution in [0.2, 0.25) is 0 Å². The fourth-order valence-electron chi connectivity index (χ4n) is 2.06. The molecule has 0 aliphatic heterocycles. The number of aromatic amines is 1. The van der Waals surface area contributed by atoms with Crippen molar-refractivity contribution in [3.05, 3.63) is 48.6 Å². The molecule has 8 heteroatoms. The van der Waals surface area contributed by atoms with Gasteiger partial charge in [-0.15, -0.1) is 5.10 Å². The summed E-state index contributed by atoms with van der Waals surface area (Å²) in [6, 6.07) is 4.97. The molecule has 0 spiro atoms. The van der Waals surface area contributed by atoms with Gasteiger partial charge in [0.15, 0.2) is 5.75 Å². The molecule has 2 rings (SSSR count). The summed E-state index contributed by atoms with van der Waals surface area (Å²) in [6.07, 6.45) is 0. The largest absolute Gasteiger partial charge is 0.481 e. The Morgan fingerprint density at radius 1 is 1.21 bits per heavy atom. The fraction of sp³-hybridized carbons (Fsp3) is 0.312. The minimum atomic E-state index is -0.911. The molecule has 0 saturated carbocycles. The molecule has 0 radical (unpaired) electrons. The van der Waals surface area contributed by atoms with E-state index in [1.165, 1.54) is 0 Å². The Hall–Kier alpha value is -1.67. The molecule has 1 unspecified atom stereocenters. The number of ether oxygens (including phenoxy) is 1. The van der Waals surface area contributed by atoms with Crippen molar-refractivity contribution in [1.82, 2.24) is 10.2 Å². The molecule has 1 aromatic carbocycles. The van der Waals surface area contributed by atoms with E-state index < -0.39 is 11.9 Å². The summed E-state index contributed by atoms with van der Waals surface area (Å²) in [4.78, 5) is 22.9. The molecule has 1 atom stereocenters. The summed E-state index contributed by atoms with van der Waals surface area (Å²) in [7, 11) is 0. The van der Waals surface area contributed by atoms with Crippen LogP contribution in [0.3, 0.4) is 0 Å². The van der Waals surface area contributed by atoms with E-state index in [4.69, 9.17) is 9.84 Å². The number of aromatic nitrogens is 2. The van der Waals surface area contributed by atoms with Crippen molar-refractivity contribution in [1.29, 1.82) is 0 Å². The number of carboxylic acids is 1. The highest BCUT2D eigenvalue weighted by atomic mass is 79.9. The number of halogens is 2. The summed E-state index contributed by atoms with van der Waals surface area (Å²) in [5.74, 6) is -0.828. The summed E-state index contributed by atoms with van der Waals surface area (Å²) in [5, 5.41) is 15.4. The Kier molecular flexibility index (Phi) is 5.82. The number of hydrogen-bond acceptors (Lipinski definition) is 4. The molecule has 24 heavy (non-hydrogen) atoms. The van der Waals surface area contributed by atoms with Crippen LogP contribution in [0.1, 0.15) is 43.7 Å². The van der Waals surface area contributed by atoms with Crippen molar-refractivity contribution in [3.8, 4) is 11.6 Å². The number of nitrogens with one attached hydrogen (secondary N) is 1. The number of carboxylic acid groups (broad SMARTS) is 1. The first-order valence-corrected chi connectivity index (χ1v) is 8.78. The molecule has 1 aromatic heterocycles. The first kappa shape index (κ1) is 18.7. The normalized spacial score (nSPS) is 12.2. The van der Waals surface area contributed by atoms with Gasteiger partial charge in [0.1, 0.15) is 0 Å². The van der Waals surface area contributed by atoms with E-state index in [1.54, 1.807) is 25.1 Å². The monoisotopic (exact) mass is 458 g/mol. The number of nitrogens with zero attached hydrogens (tertiary/aromatic N) is 1. The second kappa shape index (κ2) is 7.48. The van der Waals surface area contributed by atoms with Crippen molar-refractivity contribution in [3.63, 3.8) is 0 Å². The lowest BCUT2D eigenvalue weighted by molar-refractivity contribution is -0.138. The molecular weight excluding hydrogens is 444 g/mol. The maximum Gasteiger partial charge on any atom is 0.310 e. The third-order valence-electron chi connectivity index (χ3n) is 3.53. The first-order chi connectivity index (χ1) is 11.2.